The summed E-state index contributed by atoms with van der Waals surface area (Å²) in [5.41, 5.74) is 0.861. The van der Waals surface area contributed by atoms with Gasteiger partial charge in [-0.1, -0.05) is 0 Å². The van der Waals surface area contributed by atoms with Crippen molar-refractivity contribution in [3.8, 4) is 0 Å². The largest absolute Gasteiger partial charge is 0.382 e. The number of hydrogen-bond acceptors (Lipinski definition) is 5. The average Bonchev–Trinajstić information content (AvgIpc) is 3.22. The van der Waals surface area contributed by atoms with Gasteiger partial charge in [-0.2, -0.15) is 0 Å². The predicted octanol–water partition coefficient (Wildman–Crippen LogP) is 2.41. The van der Waals surface area contributed by atoms with Crippen molar-refractivity contribution in [2.24, 2.45) is 5.92 Å². The molecule has 0 saturated heterocycles. The van der Waals surface area contributed by atoms with E-state index in [0.717, 1.165) is 18.2 Å². The maximum absolute atomic E-state index is 12.3. The highest BCUT2D eigenvalue weighted by Crippen LogP contribution is 2.34. The Morgan fingerprint density at radius 3 is 2.36 bits per heavy atom. The van der Waals surface area contributed by atoms with E-state index >= 15 is 0 Å². The van der Waals surface area contributed by atoms with Gasteiger partial charge in [0.25, 0.3) is 0 Å². The topological polar surface area (TPSA) is 62.3 Å². The standard InChI is InChI=1S/C16H27N3O2S/c1-16(2,3)22(20,21)15-9-8-13(10-18-15)17-11-14(19(4)5)12-6-7-12/h8-10,12,14,17H,6-7,11H2,1-5H3. The molecule has 0 amide bonds. The lowest BCUT2D eigenvalue weighted by molar-refractivity contribution is 0.276. The molecule has 5 nitrogen and oxygen atoms in total. The van der Waals surface area contributed by atoms with E-state index in [1.165, 1.54) is 12.8 Å². The lowest BCUT2D eigenvalue weighted by atomic mass is 10.1. The zero-order valence-electron chi connectivity index (χ0n) is 14.1. The van der Waals surface area contributed by atoms with Crippen LogP contribution in [0.1, 0.15) is 33.6 Å². The van der Waals surface area contributed by atoms with Crippen molar-refractivity contribution in [2.75, 3.05) is 26.0 Å². The van der Waals surface area contributed by atoms with Crippen molar-refractivity contribution in [1.29, 1.82) is 0 Å². The van der Waals surface area contributed by atoms with Crippen molar-refractivity contribution in [3.05, 3.63) is 18.3 Å². The molecular weight excluding hydrogens is 298 g/mol. The smallest absolute Gasteiger partial charge is 0.200 e. The van der Waals surface area contributed by atoms with Gasteiger partial charge in [0, 0.05) is 12.6 Å². The number of rotatable bonds is 6. The molecule has 1 aromatic rings. The summed E-state index contributed by atoms with van der Waals surface area (Å²) >= 11 is 0. The van der Waals surface area contributed by atoms with E-state index in [9.17, 15) is 8.42 Å². The van der Waals surface area contributed by atoms with Crippen LogP contribution in [0.5, 0.6) is 0 Å². The maximum Gasteiger partial charge on any atom is 0.200 e. The van der Waals surface area contributed by atoms with Crippen molar-refractivity contribution in [1.82, 2.24) is 9.88 Å². The Balaban J connectivity index is 2.03. The predicted molar refractivity (Wildman–Crippen MR) is 89.9 cm³/mol. The van der Waals surface area contributed by atoms with E-state index in [1.807, 2.05) is 0 Å². The lowest BCUT2D eigenvalue weighted by Crippen LogP contribution is -2.36. The van der Waals surface area contributed by atoms with Gasteiger partial charge >= 0.3 is 0 Å². The second-order valence-electron chi connectivity index (χ2n) is 7.25. The van der Waals surface area contributed by atoms with Gasteiger partial charge in [-0.3, -0.25) is 0 Å². The molecule has 1 fully saturated rings. The number of anilines is 1. The monoisotopic (exact) mass is 325 g/mol. The van der Waals surface area contributed by atoms with Crippen LogP contribution in [0, 0.1) is 5.92 Å². The highest BCUT2D eigenvalue weighted by atomic mass is 32.2. The zero-order valence-corrected chi connectivity index (χ0v) is 14.9. The average molecular weight is 325 g/mol. The molecule has 1 unspecified atom stereocenters. The van der Waals surface area contributed by atoms with Gasteiger partial charge in [0.05, 0.1) is 16.6 Å². The molecule has 1 N–H and O–H groups in total. The van der Waals surface area contributed by atoms with E-state index in [-0.39, 0.29) is 5.03 Å². The molecule has 22 heavy (non-hydrogen) atoms. The Morgan fingerprint density at radius 1 is 1.32 bits per heavy atom. The molecule has 6 heteroatoms. The van der Waals surface area contributed by atoms with E-state index in [0.29, 0.717) is 6.04 Å². The van der Waals surface area contributed by atoms with Crippen molar-refractivity contribution >= 4 is 15.5 Å². The van der Waals surface area contributed by atoms with Gasteiger partial charge in [-0.15, -0.1) is 0 Å². The highest BCUT2D eigenvalue weighted by Gasteiger charge is 2.33. The SMILES string of the molecule is CN(C)C(CNc1ccc(S(=O)(=O)C(C)(C)C)nc1)C1CC1. The lowest BCUT2D eigenvalue weighted by Gasteiger charge is -2.25. The van der Waals surface area contributed by atoms with Crippen LogP contribution in [0.25, 0.3) is 0 Å². The summed E-state index contributed by atoms with van der Waals surface area (Å²) in [4.78, 5) is 6.38. The summed E-state index contributed by atoms with van der Waals surface area (Å²) < 4.78 is 23.8. The van der Waals surface area contributed by atoms with Crippen molar-refractivity contribution in [2.45, 2.75) is 49.4 Å². The second-order valence-corrected chi connectivity index (χ2v) is 9.90. The zero-order chi connectivity index (χ0) is 16.5. The molecule has 1 atom stereocenters. The van der Waals surface area contributed by atoms with Gasteiger partial charge in [-0.05, 0) is 65.8 Å². The van der Waals surface area contributed by atoms with Crippen LogP contribution < -0.4 is 5.32 Å². The van der Waals surface area contributed by atoms with E-state index in [2.05, 4.69) is 29.3 Å². The number of hydrogen-bond donors (Lipinski definition) is 1. The van der Waals surface area contributed by atoms with Gasteiger partial charge in [0.1, 0.15) is 0 Å². The van der Waals surface area contributed by atoms with E-state index < -0.39 is 14.6 Å². The Labute approximate surface area is 134 Å². The van der Waals surface area contributed by atoms with E-state index in [1.54, 1.807) is 39.1 Å². The third kappa shape index (κ3) is 3.79. The molecule has 0 spiro atoms. The summed E-state index contributed by atoms with van der Waals surface area (Å²) in [6, 6.07) is 3.90. The summed E-state index contributed by atoms with van der Waals surface area (Å²) in [6.07, 6.45) is 4.20. The fourth-order valence-electron chi connectivity index (χ4n) is 2.43. The van der Waals surface area contributed by atoms with Crippen molar-refractivity contribution in [3.63, 3.8) is 0 Å². The molecule has 1 aliphatic rings. The first kappa shape index (κ1) is 17.2. The third-order valence-corrected chi connectivity index (χ3v) is 6.57. The molecule has 1 saturated carbocycles. The number of nitrogens with zero attached hydrogens (tertiary/aromatic N) is 2. The molecule has 0 bridgehead atoms. The minimum absolute atomic E-state index is 0.136. The molecular formula is C16H27N3O2S. The Hall–Kier alpha value is -1.14. The Bertz CT molecular complexity index is 597. The van der Waals surface area contributed by atoms with Gasteiger partial charge < -0.3 is 10.2 Å². The van der Waals surface area contributed by atoms with Gasteiger partial charge in [0.15, 0.2) is 14.9 Å². The molecule has 0 radical (unpaired) electrons. The number of aromatic nitrogens is 1. The van der Waals surface area contributed by atoms with Gasteiger partial charge in [-0.25, -0.2) is 13.4 Å². The number of nitrogens with one attached hydrogen (secondary N) is 1. The maximum atomic E-state index is 12.3. The van der Waals surface area contributed by atoms with Crippen LogP contribution in [-0.4, -0.2) is 49.7 Å². The molecule has 124 valence electrons. The first-order valence-corrected chi connectivity index (χ1v) is 9.22. The number of sulfone groups is 1. The van der Waals surface area contributed by atoms with Crippen LogP contribution in [0.2, 0.25) is 0 Å². The van der Waals surface area contributed by atoms with Crippen LogP contribution in [0.4, 0.5) is 5.69 Å². The number of likely N-dealkylation sites (N-methyl/N-ethyl adjacent to an activating group) is 1. The molecule has 0 aliphatic heterocycles. The minimum Gasteiger partial charge on any atom is -0.382 e. The molecule has 2 rings (SSSR count). The van der Waals surface area contributed by atoms with Crippen LogP contribution in [0.3, 0.4) is 0 Å². The normalized spacial score (nSPS) is 17.5. The Morgan fingerprint density at radius 2 is 1.95 bits per heavy atom. The van der Waals surface area contributed by atoms with E-state index in [4.69, 9.17) is 0 Å². The minimum atomic E-state index is -3.39. The molecule has 1 heterocycles. The third-order valence-electron chi connectivity index (χ3n) is 4.16. The molecule has 0 aromatic carbocycles. The van der Waals surface area contributed by atoms with Crippen LogP contribution in [-0.2, 0) is 9.84 Å². The first-order chi connectivity index (χ1) is 10.1. The summed E-state index contributed by atoms with van der Waals surface area (Å²) in [5.74, 6) is 0.774. The second kappa shape index (κ2) is 6.16. The fourth-order valence-corrected chi connectivity index (χ4v) is 3.50. The summed E-state index contributed by atoms with van der Waals surface area (Å²) in [5, 5.41) is 3.50. The summed E-state index contributed by atoms with van der Waals surface area (Å²) in [7, 11) is 0.810. The fraction of sp³-hybridized carbons (Fsp3) is 0.688. The number of pyridine rings is 1. The first-order valence-electron chi connectivity index (χ1n) is 7.74. The highest BCUT2D eigenvalue weighted by molar-refractivity contribution is 7.92. The Kier molecular flexibility index (Phi) is 4.82. The van der Waals surface area contributed by atoms with Crippen LogP contribution >= 0.6 is 0 Å². The van der Waals surface area contributed by atoms with Crippen LogP contribution in [0.15, 0.2) is 23.4 Å². The van der Waals surface area contributed by atoms with Gasteiger partial charge in [0.2, 0.25) is 0 Å². The summed E-state index contributed by atoms with van der Waals surface area (Å²) in [6.45, 7) is 5.92. The van der Waals surface area contributed by atoms with Crippen molar-refractivity contribution < 1.29 is 8.42 Å². The quantitative estimate of drug-likeness (QED) is 0.870. The molecule has 1 aliphatic carbocycles. The molecule has 1 aromatic heterocycles.